The summed E-state index contributed by atoms with van der Waals surface area (Å²) in [6.45, 7) is 1.89. The lowest BCUT2D eigenvalue weighted by Crippen LogP contribution is -2.14. The molecule has 2 rings (SSSR count). The quantitative estimate of drug-likeness (QED) is 0.857. The summed E-state index contributed by atoms with van der Waals surface area (Å²) >= 11 is 0. The zero-order chi connectivity index (χ0) is 13.1. The van der Waals surface area contributed by atoms with Gasteiger partial charge in [0.2, 0.25) is 11.7 Å². The molecule has 92 valence electrons. The van der Waals surface area contributed by atoms with Gasteiger partial charge in [-0.1, -0.05) is 12.1 Å². The fourth-order valence-corrected chi connectivity index (χ4v) is 1.39. The molecular weight excluding hydrogens is 236 g/mol. The van der Waals surface area contributed by atoms with Crippen LogP contribution in [-0.4, -0.2) is 21.0 Å². The van der Waals surface area contributed by atoms with Crippen molar-refractivity contribution in [1.82, 2.24) is 9.97 Å². The number of carboxylic acids is 1. The topological polar surface area (TPSA) is 92.3 Å². The first-order valence-corrected chi connectivity index (χ1v) is 5.14. The molecular formula is C12H10N2O4. The average molecular weight is 246 g/mol. The molecule has 18 heavy (non-hydrogen) atoms. The first-order valence-electron chi connectivity index (χ1n) is 5.14. The van der Waals surface area contributed by atoms with E-state index in [1.807, 2.05) is 13.0 Å². The van der Waals surface area contributed by atoms with Gasteiger partial charge in [-0.15, -0.1) is 0 Å². The summed E-state index contributed by atoms with van der Waals surface area (Å²) in [4.78, 5) is 27.7. The smallest absolute Gasteiger partial charge is 0.372 e. The highest BCUT2D eigenvalue weighted by molar-refractivity contribution is 5.83. The van der Waals surface area contributed by atoms with Crippen molar-refractivity contribution in [2.45, 2.75) is 6.92 Å². The number of nitrogens with one attached hydrogen (secondary N) is 1. The maximum atomic E-state index is 11.2. The summed E-state index contributed by atoms with van der Waals surface area (Å²) in [5.74, 6) is -1.34. The van der Waals surface area contributed by atoms with Gasteiger partial charge in [0.25, 0.3) is 5.56 Å². The lowest BCUT2D eigenvalue weighted by Gasteiger charge is -2.05. The van der Waals surface area contributed by atoms with Crippen LogP contribution in [0.5, 0.6) is 11.6 Å². The number of hydrogen-bond donors (Lipinski definition) is 2. The molecule has 1 heterocycles. The lowest BCUT2D eigenvalue weighted by atomic mass is 10.2. The van der Waals surface area contributed by atoms with Gasteiger partial charge in [-0.05, 0) is 24.6 Å². The Morgan fingerprint density at radius 3 is 2.83 bits per heavy atom. The van der Waals surface area contributed by atoms with Gasteiger partial charge in [-0.25, -0.2) is 4.79 Å². The molecule has 0 aliphatic heterocycles. The Hall–Kier alpha value is -2.63. The Morgan fingerprint density at radius 2 is 2.17 bits per heavy atom. The van der Waals surface area contributed by atoms with Gasteiger partial charge < -0.3 is 14.8 Å². The third-order valence-corrected chi connectivity index (χ3v) is 2.13. The van der Waals surface area contributed by atoms with Crippen LogP contribution in [0.1, 0.15) is 16.2 Å². The van der Waals surface area contributed by atoms with E-state index in [1.165, 1.54) is 0 Å². The van der Waals surface area contributed by atoms with Crippen molar-refractivity contribution in [3.05, 3.63) is 52.1 Å². The Kier molecular flexibility index (Phi) is 3.09. The Bertz CT molecular complexity index is 649. The number of rotatable bonds is 3. The molecule has 0 bridgehead atoms. The molecule has 6 heteroatoms. The van der Waals surface area contributed by atoms with Gasteiger partial charge in [-0.3, -0.25) is 4.79 Å². The molecule has 0 saturated carbocycles. The van der Waals surface area contributed by atoms with Gasteiger partial charge in [0, 0.05) is 0 Å². The van der Waals surface area contributed by atoms with E-state index in [4.69, 9.17) is 9.84 Å². The Morgan fingerprint density at radius 1 is 1.39 bits per heavy atom. The normalized spacial score (nSPS) is 10.1. The highest BCUT2D eigenvalue weighted by atomic mass is 16.5. The van der Waals surface area contributed by atoms with Gasteiger partial charge in [0.15, 0.2) is 0 Å². The van der Waals surface area contributed by atoms with Crippen LogP contribution >= 0.6 is 0 Å². The van der Waals surface area contributed by atoms with E-state index in [9.17, 15) is 9.59 Å². The molecule has 0 radical (unpaired) electrons. The van der Waals surface area contributed by atoms with Crippen LogP contribution in [0.15, 0.2) is 35.1 Å². The molecule has 2 aromatic rings. The second-order valence-electron chi connectivity index (χ2n) is 3.66. The van der Waals surface area contributed by atoms with Gasteiger partial charge in [0.1, 0.15) is 5.75 Å². The first-order chi connectivity index (χ1) is 8.54. The van der Waals surface area contributed by atoms with Crippen LogP contribution in [-0.2, 0) is 0 Å². The number of aromatic amines is 1. The number of carboxylic acid groups (broad SMARTS) is 1. The molecule has 6 nitrogen and oxygen atoms in total. The van der Waals surface area contributed by atoms with E-state index < -0.39 is 17.4 Å². The molecule has 0 aliphatic rings. The third-order valence-electron chi connectivity index (χ3n) is 2.13. The highest BCUT2D eigenvalue weighted by Crippen LogP contribution is 2.18. The highest BCUT2D eigenvalue weighted by Gasteiger charge is 2.09. The van der Waals surface area contributed by atoms with Gasteiger partial charge >= 0.3 is 5.97 Å². The van der Waals surface area contributed by atoms with Crippen LogP contribution < -0.4 is 10.3 Å². The average Bonchev–Trinajstić information content (AvgIpc) is 2.28. The lowest BCUT2D eigenvalue weighted by molar-refractivity contribution is 0.0682. The molecule has 0 amide bonds. The number of aromatic nitrogens is 2. The molecule has 0 fully saturated rings. The van der Waals surface area contributed by atoms with Crippen molar-refractivity contribution in [3.63, 3.8) is 0 Å². The minimum Gasteiger partial charge on any atom is -0.475 e. The van der Waals surface area contributed by atoms with Gasteiger partial charge in [0.05, 0.1) is 6.07 Å². The molecule has 1 aromatic heterocycles. The first kappa shape index (κ1) is 11.8. The molecule has 1 aromatic carbocycles. The third kappa shape index (κ3) is 2.73. The SMILES string of the molecule is Cc1cccc(Oc2cc(=O)[nH]c(C(=O)O)n2)c1. The second-order valence-corrected chi connectivity index (χ2v) is 3.66. The number of benzene rings is 1. The standard InChI is InChI=1S/C12H10N2O4/c1-7-3-2-4-8(5-7)18-10-6-9(15)13-11(14-10)12(16)17/h2-6H,1H3,(H,16,17)(H,13,14,15). The van der Waals surface area contributed by atoms with E-state index in [2.05, 4.69) is 9.97 Å². The van der Waals surface area contributed by atoms with Gasteiger partial charge in [-0.2, -0.15) is 4.98 Å². The summed E-state index contributed by atoms with van der Waals surface area (Å²) in [5, 5.41) is 8.76. The zero-order valence-corrected chi connectivity index (χ0v) is 9.51. The van der Waals surface area contributed by atoms with E-state index in [0.29, 0.717) is 5.75 Å². The predicted molar refractivity (Wildman–Crippen MR) is 63.1 cm³/mol. The van der Waals surface area contributed by atoms with Crippen molar-refractivity contribution in [2.24, 2.45) is 0 Å². The largest absolute Gasteiger partial charge is 0.475 e. The van der Waals surface area contributed by atoms with Crippen LogP contribution in [0.4, 0.5) is 0 Å². The molecule has 0 saturated heterocycles. The Labute approximate surface area is 102 Å². The number of hydrogen-bond acceptors (Lipinski definition) is 4. The van der Waals surface area contributed by atoms with E-state index in [1.54, 1.807) is 18.2 Å². The summed E-state index contributed by atoms with van der Waals surface area (Å²) < 4.78 is 5.34. The predicted octanol–water partition coefficient (Wildman–Crippen LogP) is 1.57. The van der Waals surface area contributed by atoms with Crippen molar-refractivity contribution >= 4 is 5.97 Å². The fraction of sp³-hybridized carbons (Fsp3) is 0.0833. The molecule has 0 aliphatic carbocycles. The minimum atomic E-state index is -1.32. The summed E-state index contributed by atoms with van der Waals surface area (Å²) in [7, 11) is 0. The number of carbonyl (C=O) groups is 1. The monoisotopic (exact) mass is 246 g/mol. The maximum Gasteiger partial charge on any atom is 0.372 e. The second kappa shape index (κ2) is 4.70. The molecule has 0 atom stereocenters. The van der Waals surface area contributed by atoms with E-state index >= 15 is 0 Å². The summed E-state index contributed by atoms with van der Waals surface area (Å²) in [6.07, 6.45) is 0. The minimum absolute atomic E-state index is 0.0539. The van der Waals surface area contributed by atoms with Crippen molar-refractivity contribution in [1.29, 1.82) is 0 Å². The fourth-order valence-electron chi connectivity index (χ4n) is 1.39. The molecule has 0 unspecified atom stereocenters. The zero-order valence-electron chi connectivity index (χ0n) is 9.51. The number of aryl methyl sites for hydroxylation is 1. The van der Waals surface area contributed by atoms with Crippen LogP contribution in [0, 0.1) is 6.92 Å². The van der Waals surface area contributed by atoms with Crippen LogP contribution in [0.25, 0.3) is 0 Å². The molecule has 0 spiro atoms. The number of aromatic carboxylic acids is 1. The van der Waals surface area contributed by atoms with E-state index in [0.717, 1.165) is 11.6 Å². The summed E-state index contributed by atoms with van der Waals surface area (Å²) in [5.41, 5.74) is 0.404. The van der Waals surface area contributed by atoms with Crippen molar-refractivity contribution in [3.8, 4) is 11.6 Å². The Balaban J connectivity index is 2.34. The van der Waals surface area contributed by atoms with E-state index in [-0.39, 0.29) is 5.88 Å². The van der Waals surface area contributed by atoms with Crippen molar-refractivity contribution < 1.29 is 14.6 Å². The maximum absolute atomic E-state index is 11.2. The summed E-state index contributed by atoms with van der Waals surface area (Å²) in [6, 6.07) is 8.21. The molecule has 2 N–H and O–H groups in total. The number of ether oxygens (including phenoxy) is 1. The van der Waals surface area contributed by atoms with Crippen LogP contribution in [0.3, 0.4) is 0 Å². The number of H-pyrrole nitrogens is 1. The van der Waals surface area contributed by atoms with Crippen molar-refractivity contribution in [2.75, 3.05) is 0 Å². The number of nitrogens with zero attached hydrogens (tertiary/aromatic N) is 1. The van der Waals surface area contributed by atoms with Crippen LogP contribution in [0.2, 0.25) is 0 Å².